The summed E-state index contributed by atoms with van der Waals surface area (Å²) >= 11 is 3.67. The average molecular weight is 536 g/mol. The topological polar surface area (TPSA) is 49.4 Å². The number of halogens is 1. The van der Waals surface area contributed by atoms with Gasteiger partial charge in [-0.3, -0.25) is 9.59 Å². The van der Waals surface area contributed by atoms with Gasteiger partial charge in [-0.1, -0.05) is 69.5 Å². The minimum absolute atomic E-state index is 0.0271. The molecule has 0 heterocycles. The Bertz CT molecular complexity index is 852. The van der Waals surface area contributed by atoms with Gasteiger partial charge in [-0.25, -0.2) is 0 Å². The van der Waals surface area contributed by atoms with Gasteiger partial charge in [-0.15, -0.1) is 5.54 Å². The van der Waals surface area contributed by atoms with Crippen LogP contribution in [0.15, 0.2) is 22.7 Å². The highest BCUT2D eigenvalue weighted by Gasteiger charge is 2.41. The van der Waals surface area contributed by atoms with Crippen LogP contribution in [0.25, 0.3) is 0 Å². The molecule has 0 atom stereocenters. The van der Waals surface area contributed by atoms with Crippen molar-refractivity contribution < 1.29 is 9.59 Å². The molecular formula is C27H43BrN2O2Si. The van der Waals surface area contributed by atoms with Crippen LogP contribution in [0.5, 0.6) is 0 Å². The van der Waals surface area contributed by atoms with Gasteiger partial charge in [0.05, 0.1) is 0 Å². The highest BCUT2D eigenvalue weighted by Crippen LogP contribution is 2.40. The first-order chi connectivity index (χ1) is 15.3. The summed E-state index contributed by atoms with van der Waals surface area (Å²) in [5, 5.41) is 2.81. The second-order valence-electron chi connectivity index (χ2n) is 10.3. The second kappa shape index (κ2) is 12.8. The predicted molar refractivity (Wildman–Crippen MR) is 146 cm³/mol. The summed E-state index contributed by atoms with van der Waals surface area (Å²) in [4.78, 5) is 26.7. The van der Waals surface area contributed by atoms with E-state index in [-0.39, 0.29) is 12.1 Å². The lowest BCUT2D eigenvalue weighted by Gasteiger charge is -2.38. The SMILES string of the molecule is CC(C)N(C(=O)C(=O)NCCc1c(Br)cccc1C#C[Si](C(C)C)(C(C)C)C(C)C)C(C)C. The Kier molecular flexibility index (Phi) is 11.4. The number of carbonyl (C=O) groups is 2. The first kappa shape index (κ1) is 29.4. The van der Waals surface area contributed by atoms with Crippen LogP contribution in [-0.2, 0) is 16.0 Å². The first-order valence-corrected chi connectivity index (χ1v) is 15.2. The fourth-order valence-corrected chi connectivity index (χ4v) is 10.9. The molecular weight excluding hydrogens is 492 g/mol. The summed E-state index contributed by atoms with van der Waals surface area (Å²) in [6.07, 6.45) is 0.605. The third-order valence-electron chi connectivity index (χ3n) is 6.60. The predicted octanol–water partition coefficient (Wildman–Crippen LogP) is 6.32. The molecule has 1 aromatic rings. The Labute approximate surface area is 211 Å². The maximum absolute atomic E-state index is 12.6. The van der Waals surface area contributed by atoms with E-state index in [0.29, 0.717) is 29.6 Å². The number of nitrogens with zero attached hydrogens (tertiary/aromatic N) is 1. The molecule has 2 amide bonds. The standard InChI is InChI=1S/C27H43BrN2O2Si/c1-18(2)30(19(3)4)27(32)26(31)29-16-14-24-23(12-11-13-25(24)28)15-17-33(20(5)6,21(7)8)22(9)10/h11-13,18-22H,14,16H2,1-10H3,(H,29,31). The maximum atomic E-state index is 12.6. The lowest BCUT2D eigenvalue weighted by Crippen LogP contribution is -2.49. The van der Waals surface area contributed by atoms with Gasteiger partial charge in [0.2, 0.25) is 0 Å². The van der Waals surface area contributed by atoms with E-state index in [0.717, 1.165) is 15.6 Å². The van der Waals surface area contributed by atoms with Gasteiger partial charge in [0.1, 0.15) is 8.07 Å². The first-order valence-electron chi connectivity index (χ1n) is 12.2. The molecule has 1 aromatic carbocycles. The number of rotatable bonds is 8. The van der Waals surface area contributed by atoms with Crippen LogP contribution in [-0.4, -0.2) is 43.4 Å². The fourth-order valence-electron chi connectivity index (χ4n) is 5.10. The largest absolute Gasteiger partial charge is 0.347 e. The minimum Gasteiger partial charge on any atom is -0.347 e. The zero-order chi connectivity index (χ0) is 25.5. The van der Waals surface area contributed by atoms with Crippen LogP contribution in [0.3, 0.4) is 0 Å². The third kappa shape index (κ3) is 7.20. The molecule has 0 spiro atoms. The zero-order valence-electron chi connectivity index (χ0n) is 22.2. The zero-order valence-corrected chi connectivity index (χ0v) is 24.8. The third-order valence-corrected chi connectivity index (χ3v) is 13.6. The lowest BCUT2D eigenvalue weighted by molar-refractivity contribution is -0.148. The van der Waals surface area contributed by atoms with E-state index in [1.54, 1.807) is 4.90 Å². The van der Waals surface area contributed by atoms with Crippen LogP contribution in [0.4, 0.5) is 0 Å². The van der Waals surface area contributed by atoms with Gasteiger partial charge in [0.15, 0.2) is 0 Å². The molecule has 33 heavy (non-hydrogen) atoms. The molecule has 0 bridgehead atoms. The molecule has 0 fully saturated rings. The number of hydrogen-bond acceptors (Lipinski definition) is 2. The molecule has 0 aliphatic heterocycles. The van der Waals surface area contributed by atoms with Crippen LogP contribution in [0, 0.1) is 11.5 Å². The molecule has 0 radical (unpaired) electrons. The molecule has 0 aliphatic carbocycles. The van der Waals surface area contributed by atoms with Crippen molar-refractivity contribution in [3.8, 4) is 11.5 Å². The molecule has 0 aromatic heterocycles. The maximum Gasteiger partial charge on any atom is 0.312 e. The Morgan fingerprint density at radius 1 is 0.939 bits per heavy atom. The summed E-state index contributed by atoms with van der Waals surface area (Å²) in [6.45, 7) is 21.9. The summed E-state index contributed by atoms with van der Waals surface area (Å²) in [7, 11) is -1.85. The normalized spacial score (nSPS) is 11.9. The average Bonchev–Trinajstić information content (AvgIpc) is 2.68. The minimum atomic E-state index is -1.85. The molecule has 0 saturated heterocycles. The van der Waals surface area contributed by atoms with E-state index >= 15 is 0 Å². The smallest absolute Gasteiger partial charge is 0.312 e. The molecule has 0 aliphatic rings. The van der Waals surface area contributed by atoms with Crippen molar-refractivity contribution in [2.75, 3.05) is 6.54 Å². The Morgan fingerprint density at radius 2 is 1.45 bits per heavy atom. The lowest BCUT2D eigenvalue weighted by atomic mass is 10.1. The van der Waals surface area contributed by atoms with Gasteiger partial charge < -0.3 is 10.2 Å². The second-order valence-corrected chi connectivity index (χ2v) is 16.8. The van der Waals surface area contributed by atoms with Crippen molar-refractivity contribution in [3.05, 3.63) is 33.8 Å². The molecule has 6 heteroatoms. The number of benzene rings is 1. The van der Waals surface area contributed by atoms with E-state index in [9.17, 15) is 9.59 Å². The fraction of sp³-hybridized carbons (Fsp3) is 0.630. The van der Waals surface area contributed by atoms with Crippen LogP contribution in [0.2, 0.25) is 16.6 Å². The summed E-state index contributed by atoms with van der Waals surface area (Å²) in [6, 6.07) is 6.01. The Hall–Kier alpha value is -1.58. The molecule has 0 unspecified atom stereocenters. The van der Waals surface area contributed by atoms with Gasteiger partial charge in [-0.2, -0.15) is 0 Å². The van der Waals surface area contributed by atoms with E-state index in [2.05, 4.69) is 80.3 Å². The molecule has 1 N–H and O–H groups in total. The quantitative estimate of drug-likeness (QED) is 0.241. The number of hydrogen-bond donors (Lipinski definition) is 1. The highest BCUT2D eigenvalue weighted by molar-refractivity contribution is 9.10. The summed E-state index contributed by atoms with van der Waals surface area (Å²) in [5.41, 5.74) is 7.56. The van der Waals surface area contributed by atoms with Crippen LogP contribution >= 0.6 is 15.9 Å². The van der Waals surface area contributed by atoms with Crippen molar-refractivity contribution in [1.29, 1.82) is 0 Å². The summed E-state index contributed by atoms with van der Waals surface area (Å²) < 4.78 is 0.978. The van der Waals surface area contributed by atoms with E-state index in [4.69, 9.17) is 0 Å². The van der Waals surface area contributed by atoms with Crippen LogP contribution in [0.1, 0.15) is 80.4 Å². The number of amides is 2. The van der Waals surface area contributed by atoms with Crippen molar-refractivity contribution in [2.24, 2.45) is 0 Å². The van der Waals surface area contributed by atoms with Gasteiger partial charge in [0.25, 0.3) is 0 Å². The van der Waals surface area contributed by atoms with Gasteiger partial charge >= 0.3 is 11.8 Å². The molecule has 0 saturated carbocycles. The Balaban J connectivity index is 3.11. The Morgan fingerprint density at radius 3 is 1.91 bits per heavy atom. The van der Waals surface area contributed by atoms with Gasteiger partial charge in [-0.05, 0) is 68.4 Å². The number of nitrogens with one attached hydrogen (secondary N) is 1. The monoisotopic (exact) mass is 534 g/mol. The molecule has 184 valence electrons. The molecule has 1 rings (SSSR count). The van der Waals surface area contributed by atoms with Crippen molar-refractivity contribution >= 4 is 35.8 Å². The van der Waals surface area contributed by atoms with E-state index < -0.39 is 19.9 Å². The van der Waals surface area contributed by atoms with Crippen LogP contribution < -0.4 is 5.32 Å². The van der Waals surface area contributed by atoms with E-state index in [1.165, 1.54) is 0 Å². The number of carbonyl (C=O) groups excluding carboxylic acids is 2. The molecule has 4 nitrogen and oxygen atoms in total. The van der Waals surface area contributed by atoms with Gasteiger partial charge in [0, 0.05) is 28.7 Å². The van der Waals surface area contributed by atoms with E-state index in [1.807, 2.05) is 39.8 Å². The summed E-state index contributed by atoms with van der Waals surface area (Å²) in [5.74, 6) is 2.51. The van der Waals surface area contributed by atoms with Crippen molar-refractivity contribution in [1.82, 2.24) is 10.2 Å². The highest BCUT2D eigenvalue weighted by atomic mass is 79.9. The van der Waals surface area contributed by atoms with Crippen molar-refractivity contribution in [2.45, 2.75) is 104 Å². The van der Waals surface area contributed by atoms with Crippen molar-refractivity contribution in [3.63, 3.8) is 0 Å².